The number of nitrogens with zero attached hydrogens (tertiary/aromatic N) is 1. The van der Waals surface area contributed by atoms with E-state index in [1.807, 2.05) is 0 Å². The van der Waals surface area contributed by atoms with Crippen LogP contribution in [-0.2, 0) is 43.5 Å². The third kappa shape index (κ3) is 4.16. The zero-order valence-corrected chi connectivity index (χ0v) is 19.9. The van der Waals surface area contributed by atoms with Gasteiger partial charge in [-0.1, -0.05) is 24.3 Å². The van der Waals surface area contributed by atoms with Gasteiger partial charge in [-0.15, -0.1) is 6.58 Å². The first-order valence-corrected chi connectivity index (χ1v) is 11.2. The highest BCUT2D eigenvalue weighted by Gasteiger charge is 2.64. The van der Waals surface area contributed by atoms with Crippen LogP contribution < -0.4 is 10.6 Å². The number of fused-ring (bicyclic) bond motifs is 2. The molecule has 1 aromatic carbocycles. The van der Waals surface area contributed by atoms with E-state index >= 15 is 0 Å². The van der Waals surface area contributed by atoms with Crippen molar-refractivity contribution >= 4 is 29.6 Å². The Hall–Kier alpha value is -4.08. The Morgan fingerprint density at radius 2 is 1.63 bits per heavy atom. The minimum absolute atomic E-state index is 0.0159. The maximum Gasteiger partial charge on any atom is 0.339 e. The van der Waals surface area contributed by atoms with Crippen LogP contribution in [0.1, 0.15) is 32.8 Å². The van der Waals surface area contributed by atoms with Crippen molar-refractivity contribution in [1.82, 2.24) is 0 Å². The Balaban J connectivity index is 2.44. The summed E-state index contributed by atoms with van der Waals surface area (Å²) in [4.78, 5) is 54.4. The van der Waals surface area contributed by atoms with Gasteiger partial charge in [0.2, 0.25) is 0 Å². The fraction of sp³-hybridized carbons (Fsp3) is 0.360. The molecule has 2 aliphatic heterocycles. The van der Waals surface area contributed by atoms with Gasteiger partial charge in [-0.25, -0.2) is 14.4 Å². The van der Waals surface area contributed by atoms with Gasteiger partial charge in [-0.2, -0.15) is 0 Å². The Morgan fingerprint density at radius 3 is 2.23 bits per heavy atom. The van der Waals surface area contributed by atoms with E-state index in [0.717, 1.165) is 0 Å². The van der Waals surface area contributed by atoms with E-state index in [-0.39, 0.29) is 54.7 Å². The van der Waals surface area contributed by atoms with Gasteiger partial charge in [0.1, 0.15) is 29.1 Å². The van der Waals surface area contributed by atoms with Crippen LogP contribution in [-0.4, -0.2) is 50.2 Å². The first kappa shape index (κ1) is 25.5. The minimum Gasteiger partial charge on any atom is -0.466 e. The standard InChI is InChI=1S/C25H28N2O8/c1-5-13-27-16-12-10-9-11-15(16)25(20(21(27)26)23(30)34-8-4)19(22(29)33-7-3)17(35-24(25)31)14-18(28)32-6-2/h5,9-12H,1,6-8,13-14,26H2,2-4H3/t25-/m0/s1. The first-order valence-electron chi connectivity index (χ1n) is 11.2. The molecule has 2 heterocycles. The van der Waals surface area contributed by atoms with Crippen LogP contribution in [0.3, 0.4) is 0 Å². The fourth-order valence-corrected chi connectivity index (χ4v) is 4.36. The van der Waals surface area contributed by atoms with E-state index in [0.29, 0.717) is 5.69 Å². The van der Waals surface area contributed by atoms with Gasteiger partial charge >= 0.3 is 23.9 Å². The molecule has 2 aliphatic rings. The van der Waals surface area contributed by atoms with Crippen molar-refractivity contribution in [3.05, 3.63) is 65.2 Å². The number of benzene rings is 1. The third-order valence-corrected chi connectivity index (χ3v) is 5.58. The van der Waals surface area contributed by atoms with Crippen LogP contribution in [0.4, 0.5) is 5.69 Å². The molecule has 0 saturated heterocycles. The van der Waals surface area contributed by atoms with Gasteiger partial charge in [0.15, 0.2) is 5.41 Å². The summed E-state index contributed by atoms with van der Waals surface area (Å²) in [5.41, 5.74) is 4.47. The summed E-state index contributed by atoms with van der Waals surface area (Å²) in [6.07, 6.45) is 1.05. The summed E-state index contributed by atoms with van der Waals surface area (Å²) in [5, 5.41) is 0. The molecule has 0 unspecified atom stereocenters. The summed E-state index contributed by atoms with van der Waals surface area (Å²) in [5.74, 6) is -3.92. The van der Waals surface area contributed by atoms with Gasteiger partial charge in [0.25, 0.3) is 0 Å². The van der Waals surface area contributed by atoms with Crippen LogP contribution in [0, 0.1) is 0 Å². The predicted octanol–water partition coefficient (Wildman–Crippen LogP) is 1.99. The van der Waals surface area contributed by atoms with E-state index in [1.165, 1.54) is 0 Å². The first-order chi connectivity index (χ1) is 16.8. The molecule has 2 N–H and O–H groups in total. The Bertz CT molecular complexity index is 1140. The number of carbonyl (C=O) groups excluding carboxylic acids is 4. The van der Waals surface area contributed by atoms with Crippen molar-refractivity contribution in [3.8, 4) is 0 Å². The zero-order chi connectivity index (χ0) is 25.8. The van der Waals surface area contributed by atoms with Crippen molar-refractivity contribution in [1.29, 1.82) is 0 Å². The molecule has 0 aliphatic carbocycles. The summed E-state index contributed by atoms with van der Waals surface area (Å²) < 4.78 is 21.0. The molecular weight excluding hydrogens is 456 g/mol. The molecule has 0 radical (unpaired) electrons. The second-order valence-electron chi connectivity index (χ2n) is 7.54. The number of carbonyl (C=O) groups is 4. The topological polar surface area (TPSA) is 134 Å². The second kappa shape index (κ2) is 10.5. The third-order valence-electron chi connectivity index (χ3n) is 5.58. The molecule has 10 heteroatoms. The van der Waals surface area contributed by atoms with Crippen molar-refractivity contribution < 1.29 is 38.1 Å². The quantitative estimate of drug-likeness (QED) is 0.315. The lowest BCUT2D eigenvalue weighted by Gasteiger charge is -2.40. The van der Waals surface area contributed by atoms with Crippen LogP contribution in [0.25, 0.3) is 0 Å². The molecular formula is C25H28N2O8. The number of esters is 4. The Morgan fingerprint density at radius 1 is 1.03 bits per heavy atom. The van der Waals surface area contributed by atoms with Gasteiger partial charge < -0.3 is 29.6 Å². The molecule has 0 aromatic heterocycles. The van der Waals surface area contributed by atoms with Crippen LogP contribution in [0.2, 0.25) is 0 Å². The lowest BCUT2D eigenvalue weighted by atomic mass is 9.66. The minimum atomic E-state index is -2.11. The number of cyclic esters (lactones) is 1. The summed E-state index contributed by atoms with van der Waals surface area (Å²) in [6, 6.07) is 6.65. The highest BCUT2D eigenvalue weighted by atomic mass is 16.6. The molecule has 1 aromatic rings. The number of para-hydroxylation sites is 1. The molecule has 1 atom stereocenters. The molecule has 1 spiro atoms. The van der Waals surface area contributed by atoms with Crippen LogP contribution in [0.15, 0.2) is 59.6 Å². The molecule has 0 saturated carbocycles. The van der Waals surface area contributed by atoms with E-state index in [2.05, 4.69) is 6.58 Å². The molecule has 10 nitrogen and oxygen atoms in total. The average molecular weight is 485 g/mol. The fourth-order valence-electron chi connectivity index (χ4n) is 4.36. The molecule has 0 fully saturated rings. The van der Waals surface area contributed by atoms with Crippen LogP contribution in [0.5, 0.6) is 0 Å². The van der Waals surface area contributed by atoms with E-state index < -0.39 is 35.7 Å². The Labute approximate surface area is 202 Å². The van der Waals surface area contributed by atoms with Crippen molar-refractivity contribution in [2.45, 2.75) is 32.6 Å². The number of hydrogen-bond acceptors (Lipinski definition) is 10. The molecule has 186 valence electrons. The number of rotatable bonds is 9. The van der Waals surface area contributed by atoms with Crippen molar-refractivity contribution in [2.24, 2.45) is 5.73 Å². The van der Waals surface area contributed by atoms with E-state index in [1.54, 1.807) is 56.0 Å². The highest BCUT2D eigenvalue weighted by molar-refractivity contribution is 6.16. The maximum absolute atomic E-state index is 13.8. The van der Waals surface area contributed by atoms with Gasteiger partial charge in [0.05, 0.1) is 19.8 Å². The normalized spacial score (nSPS) is 18.8. The van der Waals surface area contributed by atoms with Crippen molar-refractivity contribution in [2.75, 3.05) is 31.3 Å². The molecule has 35 heavy (non-hydrogen) atoms. The molecule has 3 rings (SSSR count). The van der Waals surface area contributed by atoms with E-state index in [4.69, 9.17) is 24.7 Å². The SMILES string of the molecule is C=CCN1C(N)=C(C(=O)OCC)[C@]2(C(=O)OC(CC(=O)OCC)=C2C(=O)OCC)c2ccccc21. The number of nitrogens with two attached hydrogens (primary N) is 1. The van der Waals surface area contributed by atoms with Gasteiger partial charge in [0, 0.05) is 17.8 Å². The van der Waals surface area contributed by atoms with Gasteiger partial charge in [-0.3, -0.25) is 4.79 Å². The smallest absolute Gasteiger partial charge is 0.339 e. The summed E-state index contributed by atoms with van der Waals surface area (Å²) in [6.45, 7) is 8.78. The number of hydrogen-bond donors (Lipinski definition) is 1. The van der Waals surface area contributed by atoms with Gasteiger partial charge in [-0.05, 0) is 26.8 Å². The number of anilines is 1. The largest absolute Gasteiger partial charge is 0.466 e. The Kier molecular flexibility index (Phi) is 7.63. The van der Waals surface area contributed by atoms with E-state index in [9.17, 15) is 19.2 Å². The number of ether oxygens (including phenoxy) is 4. The highest BCUT2D eigenvalue weighted by Crippen LogP contribution is 2.54. The summed E-state index contributed by atoms with van der Waals surface area (Å²) >= 11 is 0. The lowest BCUT2D eigenvalue weighted by molar-refractivity contribution is -0.148. The zero-order valence-electron chi connectivity index (χ0n) is 19.9. The van der Waals surface area contributed by atoms with Crippen molar-refractivity contribution in [3.63, 3.8) is 0 Å². The molecule has 0 bridgehead atoms. The predicted molar refractivity (Wildman–Crippen MR) is 125 cm³/mol. The average Bonchev–Trinajstić information content (AvgIpc) is 3.09. The monoisotopic (exact) mass is 484 g/mol. The summed E-state index contributed by atoms with van der Waals surface area (Å²) in [7, 11) is 0. The lowest BCUT2D eigenvalue weighted by Crippen LogP contribution is -2.50. The second-order valence-corrected chi connectivity index (χ2v) is 7.54. The maximum atomic E-state index is 13.8. The molecule has 0 amide bonds. The van der Waals surface area contributed by atoms with Crippen LogP contribution >= 0.6 is 0 Å².